The first-order chi connectivity index (χ1) is 8.85. The molecule has 1 nitrogen and oxygen atoms in total. The molecule has 0 amide bonds. The van der Waals surface area contributed by atoms with Gasteiger partial charge in [-0.3, -0.25) is 0 Å². The van der Waals surface area contributed by atoms with Gasteiger partial charge in [-0.1, -0.05) is 50.0 Å². The highest BCUT2D eigenvalue weighted by Gasteiger charge is 2.23. The van der Waals surface area contributed by atoms with E-state index in [4.69, 9.17) is 23.2 Å². The molecular formula is C16H25Cl2N. The van der Waals surface area contributed by atoms with E-state index in [1.54, 1.807) is 0 Å². The summed E-state index contributed by atoms with van der Waals surface area (Å²) in [6.45, 7) is 10.1. The second-order valence-corrected chi connectivity index (χ2v) is 6.91. The van der Waals surface area contributed by atoms with Crippen LogP contribution in [0.3, 0.4) is 0 Å². The summed E-state index contributed by atoms with van der Waals surface area (Å²) >= 11 is 12.5. The van der Waals surface area contributed by atoms with E-state index in [9.17, 15) is 0 Å². The van der Waals surface area contributed by atoms with Gasteiger partial charge in [0.05, 0.1) is 0 Å². The van der Waals surface area contributed by atoms with Crippen LogP contribution in [0.4, 0.5) is 0 Å². The predicted octanol–water partition coefficient (Wildman–Crippen LogP) is 5.34. The summed E-state index contributed by atoms with van der Waals surface area (Å²) in [5, 5.41) is 5.08. The van der Waals surface area contributed by atoms with E-state index in [0.717, 1.165) is 35.0 Å². The van der Waals surface area contributed by atoms with Gasteiger partial charge in [0.2, 0.25) is 0 Å². The monoisotopic (exact) mass is 301 g/mol. The van der Waals surface area contributed by atoms with Crippen LogP contribution in [0.1, 0.15) is 46.1 Å². The fourth-order valence-electron chi connectivity index (χ4n) is 2.54. The first-order valence-corrected chi connectivity index (χ1v) is 7.77. The van der Waals surface area contributed by atoms with Crippen molar-refractivity contribution in [2.24, 2.45) is 5.41 Å². The molecule has 0 spiro atoms. The molecule has 1 rings (SSSR count). The van der Waals surface area contributed by atoms with Gasteiger partial charge in [0.25, 0.3) is 0 Å². The highest BCUT2D eigenvalue weighted by molar-refractivity contribution is 6.35. The SMILES string of the molecule is CCCNC(C)CC(C)(C)Cc1c(Cl)cccc1Cl. The molecule has 0 fully saturated rings. The standard InChI is InChI=1S/C16H25Cl2N/c1-5-9-19-12(2)10-16(3,4)11-13-14(17)7-6-8-15(13)18/h6-8,12,19H,5,9-11H2,1-4H3. The molecule has 0 saturated carbocycles. The summed E-state index contributed by atoms with van der Waals surface area (Å²) in [5.74, 6) is 0. The molecule has 19 heavy (non-hydrogen) atoms. The zero-order valence-corrected chi connectivity index (χ0v) is 13.9. The number of rotatable bonds is 7. The summed E-state index contributed by atoms with van der Waals surface area (Å²) in [5.41, 5.74) is 1.24. The average Bonchev–Trinajstić information content (AvgIpc) is 2.31. The largest absolute Gasteiger partial charge is 0.314 e. The van der Waals surface area contributed by atoms with Gasteiger partial charge in [-0.2, -0.15) is 0 Å². The minimum atomic E-state index is 0.175. The molecule has 1 N–H and O–H groups in total. The highest BCUT2D eigenvalue weighted by Crippen LogP contribution is 2.34. The zero-order valence-electron chi connectivity index (χ0n) is 12.4. The maximum atomic E-state index is 6.26. The summed E-state index contributed by atoms with van der Waals surface area (Å²) in [4.78, 5) is 0. The van der Waals surface area contributed by atoms with Crippen LogP contribution >= 0.6 is 23.2 Å². The van der Waals surface area contributed by atoms with Crippen molar-refractivity contribution in [3.05, 3.63) is 33.8 Å². The van der Waals surface area contributed by atoms with E-state index in [2.05, 4.69) is 33.0 Å². The van der Waals surface area contributed by atoms with Crippen LogP contribution in [0, 0.1) is 5.41 Å². The fourth-order valence-corrected chi connectivity index (χ4v) is 3.07. The van der Waals surface area contributed by atoms with Gasteiger partial charge in [0.15, 0.2) is 0 Å². The van der Waals surface area contributed by atoms with Crippen LogP contribution in [0.25, 0.3) is 0 Å². The summed E-state index contributed by atoms with van der Waals surface area (Å²) < 4.78 is 0. The van der Waals surface area contributed by atoms with E-state index >= 15 is 0 Å². The molecule has 0 aliphatic heterocycles. The quantitative estimate of drug-likeness (QED) is 0.717. The Morgan fingerprint density at radius 3 is 2.32 bits per heavy atom. The van der Waals surface area contributed by atoms with Crippen molar-refractivity contribution in [3.8, 4) is 0 Å². The lowest BCUT2D eigenvalue weighted by Crippen LogP contribution is -2.32. The van der Waals surface area contributed by atoms with Gasteiger partial charge in [-0.05, 0) is 55.8 Å². The first kappa shape index (κ1) is 16.8. The zero-order chi connectivity index (χ0) is 14.5. The van der Waals surface area contributed by atoms with Gasteiger partial charge in [-0.15, -0.1) is 0 Å². The molecule has 3 heteroatoms. The molecule has 1 unspecified atom stereocenters. The second kappa shape index (κ2) is 7.52. The minimum absolute atomic E-state index is 0.175. The molecule has 0 bridgehead atoms. The summed E-state index contributed by atoms with van der Waals surface area (Å²) in [6.07, 6.45) is 3.18. The Kier molecular flexibility index (Phi) is 6.65. The third-order valence-electron chi connectivity index (χ3n) is 3.32. The van der Waals surface area contributed by atoms with Gasteiger partial charge in [0.1, 0.15) is 0 Å². The van der Waals surface area contributed by atoms with Crippen LogP contribution in [-0.2, 0) is 6.42 Å². The van der Waals surface area contributed by atoms with E-state index < -0.39 is 0 Å². The molecule has 0 saturated heterocycles. The van der Waals surface area contributed by atoms with Crippen LogP contribution in [0.15, 0.2) is 18.2 Å². The number of benzene rings is 1. The number of hydrogen-bond donors (Lipinski definition) is 1. The van der Waals surface area contributed by atoms with Gasteiger partial charge < -0.3 is 5.32 Å². The van der Waals surface area contributed by atoms with Crippen LogP contribution < -0.4 is 5.32 Å². The van der Waals surface area contributed by atoms with Crippen molar-refractivity contribution in [1.29, 1.82) is 0 Å². The molecule has 0 aliphatic carbocycles. The maximum absolute atomic E-state index is 6.26. The Morgan fingerprint density at radius 2 is 1.79 bits per heavy atom. The van der Waals surface area contributed by atoms with Crippen LogP contribution in [0.5, 0.6) is 0 Å². The molecule has 0 radical (unpaired) electrons. The molecule has 1 atom stereocenters. The predicted molar refractivity (Wildman–Crippen MR) is 86.3 cm³/mol. The van der Waals surface area contributed by atoms with Crippen molar-refractivity contribution in [2.75, 3.05) is 6.54 Å². The molecule has 0 aliphatic rings. The Bertz CT molecular complexity index is 381. The lowest BCUT2D eigenvalue weighted by atomic mass is 9.80. The van der Waals surface area contributed by atoms with Crippen LogP contribution in [-0.4, -0.2) is 12.6 Å². The molecular weight excluding hydrogens is 277 g/mol. The van der Waals surface area contributed by atoms with E-state index in [1.807, 2.05) is 18.2 Å². The van der Waals surface area contributed by atoms with Crippen molar-refractivity contribution in [3.63, 3.8) is 0 Å². The topological polar surface area (TPSA) is 12.0 Å². The Hall–Kier alpha value is -0.240. The van der Waals surface area contributed by atoms with Crippen molar-refractivity contribution in [1.82, 2.24) is 5.32 Å². The first-order valence-electron chi connectivity index (χ1n) is 7.02. The molecule has 0 aromatic heterocycles. The number of halogens is 2. The van der Waals surface area contributed by atoms with Crippen molar-refractivity contribution in [2.45, 2.75) is 53.0 Å². The lowest BCUT2D eigenvalue weighted by molar-refractivity contribution is 0.287. The van der Waals surface area contributed by atoms with E-state index in [1.165, 1.54) is 6.42 Å². The maximum Gasteiger partial charge on any atom is 0.0453 e. The second-order valence-electron chi connectivity index (χ2n) is 6.10. The van der Waals surface area contributed by atoms with Crippen molar-refractivity contribution >= 4 is 23.2 Å². The Labute approximate surface area is 127 Å². The highest BCUT2D eigenvalue weighted by atomic mass is 35.5. The number of nitrogens with one attached hydrogen (secondary N) is 1. The molecule has 1 aromatic carbocycles. The molecule has 108 valence electrons. The van der Waals surface area contributed by atoms with Gasteiger partial charge >= 0.3 is 0 Å². The Balaban J connectivity index is 2.68. The average molecular weight is 302 g/mol. The lowest BCUT2D eigenvalue weighted by Gasteiger charge is -2.29. The van der Waals surface area contributed by atoms with Crippen LogP contribution in [0.2, 0.25) is 10.0 Å². The smallest absolute Gasteiger partial charge is 0.0453 e. The number of hydrogen-bond acceptors (Lipinski definition) is 1. The van der Waals surface area contributed by atoms with Crippen molar-refractivity contribution < 1.29 is 0 Å². The third kappa shape index (κ3) is 5.72. The van der Waals surface area contributed by atoms with E-state index in [0.29, 0.717) is 6.04 Å². The van der Waals surface area contributed by atoms with Gasteiger partial charge in [0, 0.05) is 16.1 Å². The van der Waals surface area contributed by atoms with E-state index in [-0.39, 0.29) is 5.41 Å². The fraction of sp³-hybridized carbons (Fsp3) is 0.625. The minimum Gasteiger partial charge on any atom is -0.314 e. The summed E-state index contributed by atoms with van der Waals surface area (Å²) in [6, 6.07) is 6.23. The normalized spacial score (nSPS) is 13.6. The Morgan fingerprint density at radius 1 is 1.21 bits per heavy atom. The van der Waals surface area contributed by atoms with Gasteiger partial charge in [-0.25, -0.2) is 0 Å². The molecule has 1 aromatic rings. The summed E-state index contributed by atoms with van der Waals surface area (Å²) in [7, 11) is 0. The molecule has 0 heterocycles. The third-order valence-corrected chi connectivity index (χ3v) is 4.03.